The molecule has 2 atom stereocenters. The van der Waals surface area contributed by atoms with E-state index < -0.39 is 0 Å². The third kappa shape index (κ3) is 1.68. The SMILES string of the molecule is C1Cc2nc(C3(NC4CC4)CCN4CCCC43)sc2C1. The highest BCUT2D eigenvalue weighted by Crippen LogP contribution is 2.47. The molecule has 2 aliphatic heterocycles. The Morgan fingerprint density at radius 1 is 1.15 bits per heavy atom. The van der Waals surface area contributed by atoms with E-state index in [9.17, 15) is 0 Å². The van der Waals surface area contributed by atoms with Crippen LogP contribution in [0.1, 0.15) is 54.1 Å². The Labute approximate surface area is 124 Å². The summed E-state index contributed by atoms with van der Waals surface area (Å²) in [7, 11) is 0. The van der Waals surface area contributed by atoms with Crippen LogP contribution in [-0.2, 0) is 18.4 Å². The molecule has 3 nitrogen and oxygen atoms in total. The van der Waals surface area contributed by atoms with Crippen molar-refractivity contribution < 1.29 is 0 Å². The Kier molecular flexibility index (Phi) is 2.59. The molecule has 5 rings (SSSR count). The van der Waals surface area contributed by atoms with Crippen LogP contribution in [0, 0.1) is 0 Å². The van der Waals surface area contributed by atoms with Crippen LogP contribution in [0.25, 0.3) is 0 Å². The number of aryl methyl sites for hydroxylation is 2. The van der Waals surface area contributed by atoms with Gasteiger partial charge < -0.3 is 5.32 Å². The normalized spacial score (nSPS) is 36.5. The molecule has 1 saturated carbocycles. The van der Waals surface area contributed by atoms with Gasteiger partial charge in [0.25, 0.3) is 0 Å². The van der Waals surface area contributed by atoms with Gasteiger partial charge >= 0.3 is 0 Å². The van der Waals surface area contributed by atoms with Gasteiger partial charge in [-0.2, -0.15) is 0 Å². The molecule has 0 amide bonds. The Morgan fingerprint density at radius 3 is 2.95 bits per heavy atom. The van der Waals surface area contributed by atoms with Crippen LogP contribution >= 0.6 is 11.3 Å². The summed E-state index contributed by atoms with van der Waals surface area (Å²) in [6.45, 7) is 2.58. The lowest BCUT2D eigenvalue weighted by molar-refractivity contribution is 0.222. The fourth-order valence-electron chi connectivity index (χ4n) is 4.59. The fourth-order valence-corrected chi connectivity index (χ4v) is 5.97. The minimum atomic E-state index is 0.201. The Balaban J connectivity index is 1.56. The molecule has 20 heavy (non-hydrogen) atoms. The molecule has 1 N–H and O–H groups in total. The van der Waals surface area contributed by atoms with Crippen LogP contribution in [0.2, 0.25) is 0 Å². The molecule has 0 radical (unpaired) electrons. The number of fused-ring (bicyclic) bond motifs is 2. The maximum absolute atomic E-state index is 5.12. The van der Waals surface area contributed by atoms with E-state index in [0.29, 0.717) is 0 Å². The van der Waals surface area contributed by atoms with Gasteiger partial charge in [0.1, 0.15) is 5.01 Å². The number of nitrogens with zero attached hydrogens (tertiary/aromatic N) is 2. The summed E-state index contributed by atoms with van der Waals surface area (Å²) in [5, 5.41) is 5.48. The maximum atomic E-state index is 5.12. The zero-order valence-corrected chi connectivity index (χ0v) is 12.8. The van der Waals surface area contributed by atoms with E-state index in [1.165, 1.54) is 75.2 Å². The van der Waals surface area contributed by atoms with Crippen molar-refractivity contribution in [1.82, 2.24) is 15.2 Å². The molecule has 0 spiro atoms. The van der Waals surface area contributed by atoms with Gasteiger partial charge in [0.2, 0.25) is 0 Å². The maximum Gasteiger partial charge on any atom is 0.115 e. The number of thiazole rings is 1. The number of hydrogen-bond acceptors (Lipinski definition) is 4. The summed E-state index contributed by atoms with van der Waals surface area (Å²) in [4.78, 5) is 9.43. The van der Waals surface area contributed by atoms with Gasteiger partial charge in [0, 0.05) is 23.5 Å². The summed E-state index contributed by atoms with van der Waals surface area (Å²) in [6.07, 6.45) is 10.6. The Hall–Kier alpha value is -0.450. The molecule has 108 valence electrons. The van der Waals surface area contributed by atoms with Gasteiger partial charge in [0.15, 0.2) is 0 Å². The summed E-state index contributed by atoms with van der Waals surface area (Å²) in [5.74, 6) is 0. The third-order valence-electron chi connectivity index (χ3n) is 5.74. The first kappa shape index (κ1) is 12.1. The second-order valence-electron chi connectivity index (χ2n) is 7.08. The summed E-state index contributed by atoms with van der Waals surface area (Å²) in [6, 6.07) is 1.49. The molecule has 4 heteroatoms. The smallest absolute Gasteiger partial charge is 0.115 e. The molecule has 1 aromatic rings. The van der Waals surface area contributed by atoms with E-state index in [-0.39, 0.29) is 5.54 Å². The third-order valence-corrected chi connectivity index (χ3v) is 7.08. The van der Waals surface area contributed by atoms with E-state index in [2.05, 4.69) is 10.2 Å². The highest BCUT2D eigenvalue weighted by atomic mass is 32.1. The summed E-state index contributed by atoms with van der Waals surface area (Å²) in [5.41, 5.74) is 1.63. The predicted octanol–water partition coefficient (Wildman–Crippen LogP) is 2.45. The van der Waals surface area contributed by atoms with E-state index in [0.717, 1.165) is 12.1 Å². The largest absolute Gasteiger partial charge is 0.301 e. The van der Waals surface area contributed by atoms with Crippen molar-refractivity contribution in [3.05, 3.63) is 15.6 Å². The number of hydrogen-bond donors (Lipinski definition) is 1. The molecule has 2 saturated heterocycles. The van der Waals surface area contributed by atoms with Gasteiger partial charge in [0.05, 0.1) is 11.2 Å². The molecule has 4 aliphatic rings. The van der Waals surface area contributed by atoms with Crippen LogP contribution in [0.15, 0.2) is 0 Å². The van der Waals surface area contributed by atoms with E-state index in [4.69, 9.17) is 4.98 Å². The van der Waals surface area contributed by atoms with E-state index >= 15 is 0 Å². The van der Waals surface area contributed by atoms with Gasteiger partial charge in [-0.15, -0.1) is 11.3 Å². The minimum absolute atomic E-state index is 0.201. The lowest BCUT2D eigenvalue weighted by atomic mass is 9.89. The number of rotatable bonds is 3. The molecule has 3 heterocycles. The predicted molar refractivity (Wildman–Crippen MR) is 81.2 cm³/mol. The highest BCUT2D eigenvalue weighted by Gasteiger charge is 2.53. The standard InChI is InChI=1S/C16H23N3S/c1-3-12-13(4-1)20-15(17-12)16(18-11-6-7-11)8-10-19-9-2-5-14(16)19/h11,14,18H,1-10H2. The summed E-state index contributed by atoms with van der Waals surface area (Å²) >= 11 is 2.04. The van der Waals surface area contributed by atoms with Crippen molar-refractivity contribution in [1.29, 1.82) is 0 Å². The van der Waals surface area contributed by atoms with Crippen molar-refractivity contribution >= 4 is 11.3 Å². The van der Waals surface area contributed by atoms with Crippen LogP contribution in [0.3, 0.4) is 0 Å². The second-order valence-corrected chi connectivity index (χ2v) is 8.16. The van der Waals surface area contributed by atoms with Crippen molar-refractivity contribution in [2.45, 2.75) is 69.0 Å². The first-order valence-corrected chi connectivity index (χ1v) is 9.18. The molecule has 3 fully saturated rings. The van der Waals surface area contributed by atoms with Crippen molar-refractivity contribution in [2.24, 2.45) is 0 Å². The van der Waals surface area contributed by atoms with Crippen LogP contribution in [0.5, 0.6) is 0 Å². The van der Waals surface area contributed by atoms with Crippen molar-refractivity contribution in [3.8, 4) is 0 Å². The Bertz CT molecular complexity index is 514. The van der Waals surface area contributed by atoms with Gasteiger partial charge in [-0.25, -0.2) is 4.98 Å². The monoisotopic (exact) mass is 289 g/mol. The molecule has 2 aliphatic carbocycles. The fraction of sp³-hybridized carbons (Fsp3) is 0.812. The van der Waals surface area contributed by atoms with Gasteiger partial charge in [-0.3, -0.25) is 4.90 Å². The van der Waals surface area contributed by atoms with Gasteiger partial charge in [-0.05, 0) is 57.9 Å². The van der Waals surface area contributed by atoms with Crippen LogP contribution < -0.4 is 5.32 Å². The molecular formula is C16H23N3S. The lowest BCUT2D eigenvalue weighted by Gasteiger charge is -2.35. The first-order chi connectivity index (χ1) is 9.85. The van der Waals surface area contributed by atoms with Gasteiger partial charge in [-0.1, -0.05) is 0 Å². The molecular weight excluding hydrogens is 266 g/mol. The molecule has 1 aromatic heterocycles. The summed E-state index contributed by atoms with van der Waals surface area (Å²) < 4.78 is 0. The molecule has 0 bridgehead atoms. The zero-order valence-electron chi connectivity index (χ0n) is 12.0. The number of aromatic nitrogens is 1. The van der Waals surface area contributed by atoms with Crippen LogP contribution in [-0.4, -0.2) is 35.1 Å². The average molecular weight is 289 g/mol. The van der Waals surface area contributed by atoms with Crippen molar-refractivity contribution in [3.63, 3.8) is 0 Å². The highest BCUT2D eigenvalue weighted by molar-refractivity contribution is 7.12. The topological polar surface area (TPSA) is 28.2 Å². The minimum Gasteiger partial charge on any atom is -0.301 e. The molecule has 0 aromatic carbocycles. The first-order valence-electron chi connectivity index (χ1n) is 8.36. The number of nitrogens with one attached hydrogen (secondary N) is 1. The zero-order chi connectivity index (χ0) is 13.2. The average Bonchev–Trinajstić information content (AvgIpc) is 2.87. The lowest BCUT2D eigenvalue weighted by Crippen LogP contribution is -2.51. The van der Waals surface area contributed by atoms with E-state index in [1.54, 1.807) is 4.88 Å². The van der Waals surface area contributed by atoms with E-state index in [1.807, 2.05) is 11.3 Å². The van der Waals surface area contributed by atoms with Crippen molar-refractivity contribution in [2.75, 3.05) is 13.1 Å². The second kappa shape index (κ2) is 4.28. The van der Waals surface area contributed by atoms with Crippen LogP contribution in [0.4, 0.5) is 0 Å². The quantitative estimate of drug-likeness (QED) is 0.926. The Morgan fingerprint density at radius 2 is 2.10 bits per heavy atom. The molecule has 2 unspecified atom stereocenters.